The van der Waals surface area contributed by atoms with Crippen LogP contribution in [0.15, 0.2) is 42.1 Å². The number of para-hydroxylation sites is 1. The number of hydrogen-bond donors (Lipinski definition) is 1. The van der Waals surface area contributed by atoms with Crippen LogP contribution in [-0.2, 0) is 0 Å². The van der Waals surface area contributed by atoms with Crippen LogP contribution in [0.1, 0.15) is 26.3 Å². The van der Waals surface area contributed by atoms with E-state index in [0.717, 1.165) is 12.1 Å². The molecule has 2 rings (SSSR count). The predicted molar refractivity (Wildman–Crippen MR) is 78.5 cm³/mol. The summed E-state index contributed by atoms with van der Waals surface area (Å²) in [5, 5.41) is 4.64. The Labute approximate surface area is 109 Å². The van der Waals surface area contributed by atoms with Gasteiger partial charge in [0.05, 0.1) is 5.52 Å². The van der Waals surface area contributed by atoms with Crippen molar-refractivity contribution < 1.29 is 0 Å². The second-order valence-electron chi connectivity index (χ2n) is 4.94. The van der Waals surface area contributed by atoms with Crippen molar-refractivity contribution in [1.82, 2.24) is 10.3 Å². The zero-order chi connectivity index (χ0) is 13.0. The molecule has 1 heterocycles. The van der Waals surface area contributed by atoms with Crippen LogP contribution in [0, 0.1) is 0 Å². The van der Waals surface area contributed by atoms with Crippen molar-refractivity contribution >= 4 is 17.0 Å². The van der Waals surface area contributed by atoms with E-state index in [4.69, 9.17) is 0 Å². The zero-order valence-corrected chi connectivity index (χ0v) is 11.3. The van der Waals surface area contributed by atoms with Crippen LogP contribution in [0.2, 0.25) is 0 Å². The molecule has 1 aromatic carbocycles. The van der Waals surface area contributed by atoms with Gasteiger partial charge in [0.2, 0.25) is 0 Å². The lowest BCUT2D eigenvalue weighted by atomic mass is 10.1. The molecule has 94 valence electrons. The first-order valence-corrected chi connectivity index (χ1v) is 6.41. The van der Waals surface area contributed by atoms with Gasteiger partial charge in [-0.3, -0.25) is 4.98 Å². The summed E-state index contributed by atoms with van der Waals surface area (Å²) in [6, 6.07) is 10.8. The molecular formula is C16H20N2. The van der Waals surface area contributed by atoms with E-state index in [9.17, 15) is 0 Å². The Hall–Kier alpha value is -1.67. The van der Waals surface area contributed by atoms with Crippen molar-refractivity contribution in [2.75, 3.05) is 6.54 Å². The first-order valence-electron chi connectivity index (χ1n) is 6.41. The third kappa shape index (κ3) is 3.17. The first kappa shape index (κ1) is 12.8. The summed E-state index contributed by atoms with van der Waals surface area (Å²) >= 11 is 0. The van der Waals surface area contributed by atoms with Crippen LogP contribution in [0.4, 0.5) is 0 Å². The third-order valence-corrected chi connectivity index (χ3v) is 2.87. The fourth-order valence-electron chi connectivity index (χ4n) is 1.93. The smallest absolute Gasteiger partial charge is 0.0707 e. The fourth-order valence-corrected chi connectivity index (χ4v) is 1.93. The van der Waals surface area contributed by atoms with Gasteiger partial charge in [-0.1, -0.05) is 43.7 Å². The minimum absolute atomic E-state index is 0.516. The van der Waals surface area contributed by atoms with Crippen LogP contribution in [0.3, 0.4) is 0 Å². The summed E-state index contributed by atoms with van der Waals surface area (Å²) in [6.45, 7) is 7.41. The van der Waals surface area contributed by atoms with Gasteiger partial charge in [-0.05, 0) is 24.6 Å². The molecule has 0 spiro atoms. The van der Waals surface area contributed by atoms with Gasteiger partial charge >= 0.3 is 0 Å². The lowest BCUT2D eigenvalue weighted by Crippen LogP contribution is -2.24. The molecule has 0 saturated heterocycles. The molecule has 1 aromatic heterocycles. The Morgan fingerprint density at radius 2 is 2.06 bits per heavy atom. The van der Waals surface area contributed by atoms with E-state index < -0.39 is 0 Å². The average molecular weight is 240 g/mol. The highest BCUT2D eigenvalue weighted by molar-refractivity contribution is 5.87. The van der Waals surface area contributed by atoms with Crippen molar-refractivity contribution in [2.45, 2.75) is 26.8 Å². The number of benzene rings is 1. The lowest BCUT2D eigenvalue weighted by molar-refractivity contribution is 0.623. The lowest BCUT2D eigenvalue weighted by Gasteiger charge is -2.09. The molecule has 0 saturated carbocycles. The molecule has 2 aromatic rings. The van der Waals surface area contributed by atoms with E-state index in [1.165, 1.54) is 16.5 Å². The van der Waals surface area contributed by atoms with E-state index in [0.29, 0.717) is 6.04 Å². The summed E-state index contributed by atoms with van der Waals surface area (Å²) in [4.78, 5) is 4.38. The Kier molecular flexibility index (Phi) is 4.11. The van der Waals surface area contributed by atoms with Gasteiger partial charge in [-0.25, -0.2) is 0 Å². The van der Waals surface area contributed by atoms with Crippen LogP contribution in [-0.4, -0.2) is 17.6 Å². The standard InChI is InChI=1S/C16H20N2/c1-12(2)18-11-13(3)10-14-8-9-17-16-7-5-4-6-15(14)16/h4-10,12,18H,11H2,1-3H3. The van der Waals surface area contributed by atoms with Crippen LogP contribution in [0.25, 0.3) is 17.0 Å². The normalized spacial score (nSPS) is 12.3. The summed E-state index contributed by atoms with van der Waals surface area (Å²) in [5.74, 6) is 0. The molecule has 0 atom stereocenters. The van der Waals surface area contributed by atoms with Gasteiger partial charge in [-0.15, -0.1) is 0 Å². The molecule has 0 fully saturated rings. The molecule has 0 radical (unpaired) electrons. The van der Waals surface area contributed by atoms with Crippen molar-refractivity contribution in [2.24, 2.45) is 0 Å². The second-order valence-corrected chi connectivity index (χ2v) is 4.94. The van der Waals surface area contributed by atoms with Crippen molar-refractivity contribution in [1.29, 1.82) is 0 Å². The predicted octanol–water partition coefficient (Wildman–Crippen LogP) is 3.64. The number of rotatable bonds is 4. The number of fused-ring (bicyclic) bond motifs is 1. The molecule has 2 heteroatoms. The largest absolute Gasteiger partial charge is 0.311 e. The maximum atomic E-state index is 4.38. The third-order valence-electron chi connectivity index (χ3n) is 2.87. The monoisotopic (exact) mass is 240 g/mol. The number of nitrogens with one attached hydrogen (secondary N) is 1. The Morgan fingerprint density at radius 3 is 2.83 bits per heavy atom. The molecule has 18 heavy (non-hydrogen) atoms. The Bertz CT molecular complexity index is 551. The van der Waals surface area contributed by atoms with E-state index in [1.807, 2.05) is 18.3 Å². The highest BCUT2D eigenvalue weighted by atomic mass is 14.9. The average Bonchev–Trinajstić information content (AvgIpc) is 2.37. The zero-order valence-electron chi connectivity index (χ0n) is 11.3. The van der Waals surface area contributed by atoms with Crippen molar-refractivity contribution in [3.05, 3.63) is 47.7 Å². The highest BCUT2D eigenvalue weighted by Crippen LogP contribution is 2.18. The number of pyridine rings is 1. The van der Waals surface area contributed by atoms with Gasteiger partial charge in [0.1, 0.15) is 0 Å². The fraction of sp³-hybridized carbons (Fsp3) is 0.312. The number of aromatic nitrogens is 1. The molecule has 0 aliphatic rings. The summed E-state index contributed by atoms with van der Waals surface area (Å²) in [5.41, 5.74) is 3.62. The molecule has 0 bridgehead atoms. The van der Waals surface area contributed by atoms with Crippen LogP contribution in [0.5, 0.6) is 0 Å². The summed E-state index contributed by atoms with van der Waals surface area (Å²) in [7, 11) is 0. The second kappa shape index (κ2) is 5.78. The van der Waals surface area contributed by atoms with E-state index in [-0.39, 0.29) is 0 Å². The Balaban J connectivity index is 2.28. The number of nitrogens with zero attached hydrogens (tertiary/aromatic N) is 1. The molecule has 0 amide bonds. The van der Waals surface area contributed by atoms with Crippen LogP contribution < -0.4 is 5.32 Å². The van der Waals surface area contributed by atoms with Gasteiger partial charge in [0, 0.05) is 24.2 Å². The molecular weight excluding hydrogens is 220 g/mol. The maximum absolute atomic E-state index is 4.38. The molecule has 0 aliphatic heterocycles. The van der Waals surface area contributed by atoms with Crippen molar-refractivity contribution in [3.8, 4) is 0 Å². The quantitative estimate of drug-likeness (QED) is 0.882. The minimum atomic E-state index is 0.516. The van der Waals surface area contributed by atoms with Crippen molar-refractivity contribution in [3.63, 3.8) is 0 Å². The first-order chi connectivity index (χ1) is 8.66. The van der Waals surface area contributed by atoms with Gasteiger partial charge in [-0.2, -0.15) is 0 Å². The Morgan fingerprint density at radius 1 is 1.28 bits per heavy atom. The molecule has 1 N–H and O–H groups in total. The molecule has 2 nitrogen and oxygen atoms in total. The topological polar surface area (TPSA) is 24.9 Å². The van der Waals surface area contributed by atoms with Gasteiger partial charge < -0.3 is 5.32 Å². The van der Waals surface area contributed by atoms with Crippen LogP contribution >= 0.6 is 0 Å². The maximum Gasteiger partial charge on any atom is 0.0707 e. The van der Waals surface area contributed by atoms with E-state index in [1.54, 1.807) is 0 Å². The van der Waals surface area contributed by atoms with E-state index >= 15 is 0 Å². The van der Waals surface area contributed by atoms with Gasteiger partial charge in [0.15, 0.2) is 0 Å². The summed E-state index contributed by atoms with van der Waals surface area (Å²) < 4.78 is 0. The molecule has 0 aliphatic carbocycles. The highest BCUT2D eigenvalue weighted by Gasteiger charge is 1.99. The number of hydrogen-bond acceptors (Lipinski definition) is 2. The SMILES string of the molecule is CC(=Cc1ccnc2ccccc12)CNC(C)C. The summed E-state index contributed by atoms with van der Waals surface area (Å²) in [6.07, 6.45) is 4.11. The van der Waals surface area contributed by atoms with E-state index in [2.05, 4.69) is 55.3 Å². The minimum Gasteiger partial charge on any atom is -0.311 e. The van der Waals surface area contributed by atoms with Gasteiger partial charge in [0.25, 0.3) is 0 Å². The molecule has 0 unspecified atom stereocenters.